The first-order chi connectivity index (χ1) is 7.25. The molecule has 0 radical (unpaired) electrons. The molecule has 0 unspecified atom stereocenters. The summed E-state index contributed by atoms with van der Waals surface area (Å²) < 4.78 is 0. The third kappa shape index (κ3) is 2.51. The van der Waals surface area contributed by atoms with Crippen molar-refractivity contribution in [3.63, 3.8) is 0 Å². The molecule has 0 spiro atoms. The Hall–Kier alpha value is -1.46. The van der Waals surface area contributed by atoms with Gasteiger partial charge in [-0.3, -0.25) is 4.79 Å². The van der Waals surface area contributed by atoms with Crippen molar-refractivity contribution in [3.05, 3.63) is 39.8 Å². The molecule has 2 rings (SSSR count). The van der Waals surface area contributed by atoms with Gasteiger partial charge in [0.05, 0.1) is 0 Å². The molecule has 2 aromatic rings. The molecule has 1 aromatic heterocycles. The Morgan fingerprint density at radius 1 is 1.33 bits per heavy atom. The van der Waals surface area contributed by atoms with Gasteiger partial charge in [-0.05, 0) is 24.3 Å². The van der Waals surface area contributed by atoms with E-state index in [1.807, 2.05) is 0 Å². The summed E-state index contributed by atoms with van der Waals surface area (Å²) in [6.45, 7) is 0. The van der Waals surface area contributed by atoms with E-state index in [1.54, 1.807) is 24.3 Å². The summed E-state index contributed by atoms with van der Waals surface area (Å²) in [5.41, 5.74) is 2.19. The third-order valence-corrected chi connectivity index (χ3v) is 2.60. The van der Waals surface area contributed by atoms with E-state index in [0.29, 0.717) is 15.7 Å². The molecule has 4 nitrogen and oxygen atoms in total. The lowest BCUT2D eigenvalue weighted by atomic mass is 10.3. The number of rotatable bonds is 2. The van der Waals surface area contributed by atoms with Crippen LogP contribution in [0, 0.1) is 0 Å². The first-order valence-electron chi connectivity index (χ1n) is 4.09. The number of hydrogen-bond acceptors (Lipinski definition) is 4. The van der Waals surface area contributed by atoms with Crippen LogP contribution in [0.15, 0.2) is 29.8 Å². The molecule has 0 saturated carbocycles. The number of aromatic nitrogens is 2. The fourth-order valence-electron chi connectivity index (χ4n) is 0.990. The fraction of sp³-hybridized carbons (Fsp3) is 0. The van der Waals surface area contributed by atoms with Crippen LogP contribution in [0.1, 0.15) is 9.80 Å². The zero-order valence-electron chi connectivity index (χ0n) is 7.48. The van der Waals surface area contributed by atoms with Crippen LogP contribution in [0.4, 0.5) is 5.69 Å². The maximum atomic E-state index is 11.5. The summed E-state index contributed by atoms with van der Waals surface area (Å²) in [6, 6.07) is 6.86. The van der Waals surface area contributed by atoms with Gasteiger partial charge in [0.25, 0.3) is 5.91 Å². The fourth-order valence-corrected chi connectivity index (χ4v) is 1.56. The molecular weight excluding hydrogens is 234 g/mol. The standard InChI is InChI=1S/C9H6ClN3OS/c10-6-1-3-7(4-2-6)12-8(14)9-13-11-5-15-9/h1-5H,(H,12,14). The number of nitrogens with zero attached hydrogens (tertiary/aromatic N) is 2. The smallest absolute Gasteiger partial charge is 0.286 e. The lowest BCUT2D eigenvalue weighted by Crippen LogP contribution is -2.11. The molecule has 1 N–H and O–H groups in total. The predicted octanol–water partition coefficient (Wildman–Crippen LogP) is 2.44. The average Bonchev–Trinajstić information content (AvgIpc) is 2.74. The van der Waals surface area contributed by atoms with E-state index in [4.69, 9.17) is 11.6 Å². The average molecular weight is 240 g/mol. The topological polar surface area (TPSA) is 54.9 Å². The summed E-state index contributed by atoms with van der Waals surface area (Å²) >= 11 is 6.91. The zero-order chi connectivity index (χ0) is 10.7. The number of benzene rings is 1. The molecule has 76 valence electrons. The first kappa shape index (κ1) is 10.1. The van der Waals surface area contributed by atoms with Crippen molar-refractivity contribution in [1.29, 1.82) is 0 Å². The second-order valence-corrected chi connectivity index (χ2v) is 3.97. The Kier molecular flexibility index (Phi) is 2.94. The van der Waals surface area contributed by atoms with Crippen molar-refractivity contribution in [2.45, 2.75) is 0 Å². The van der Waals surface area contributed by atoms with Crippen LogP contribution in [0.25, 0.3) is 0 Å². The second kappa shape index (κ2) is 4.37. The van der Waals surface area contributed by atoms with Gasteiger partial charge in [-0.1, -0.05) is 22.9 Å². The molecule has 6 heteroatoms. The Labute approximate surface area is 94.9 Å². The van der Waals surface area contributed by atoms with Gasteiger partial charge in [0.2, 0.25) is 5.01 Å². The van der Waals surface area contributed by atoms with Crippen LogP contribution >= 0.6 is 22.9 Å². The lowest BCUT2D eigenvalue weighted by Gasteiger charge is -2.01. The zero-order valence-corrected chi connectivity index (χ0v) is 9.05. The van der Waals surface area contributed by atoms with Crippen molar-refractivity contribution in [2.24, 2.45) is 0 Å². The minimum Gasteiger partial charge on any atom is -0.320 e. The van der Waals surface area contributed by atoms with E-state index in [-0.39, 0.29) is 5.91 Å². The van der Waals surface area contributed by atoms with Crippen LogP contribution in [0.3, 0.4) is 0 Å². The maximum absolute atomic E-state index is 11.5. The largest absolute Gasteiger partial charge is 0.320 e. The molecule has 1 amide bonds. The molecule has 1 heterocycles. The van der Waals surface area contributed by atoms with Gasteiger partial charge in [-0.25, -0.2) is 0 Å². The summed E-state index contributed by atoms with van der Waals surface area (Å²) in [5, 5.41) is 10.9. The number of carbonyl (C=O) groups excluding carboxylic acids is 1. The van der Waals surface area contributed by atoms with E-state index in [1.165, 1.54) is 16.8 Å². The monoisotopic (exact) mass is 239 g/mol. The molecule has 0 bridgehead atoms. The van der Waals surface area contributed by atoms with E-state index >= 15 is 0 Å². The summed E-state index contributed by atoms with van der Waals surface area (Å²) in [4.78, 5) is 11.5. The Bertz CT molecular complexity index is 455. The van der Waals surface area contributed by atoms with E-state index in [0.717, 1.165) is 0 Å². The predicted molar refractivity (Wildman–Crippen MR) is 59.3 cm³/mol. The highest BCUT2D eigenvalue weighted by molar-refractivity contribution is 7.11. The third-order valence-electron chi connectivity index (χ3n) is 1.66. The Morgan fingerprint density at radius 2 is 2.07 bits per heavy atom. The summed E-state index contributed by atoms with van der Waals surface area (Å²) in [7, 11) is 0. The normalized spacial score (nSPS) is 9.93. The van der Waals surface area contributed by atoms with Crippen molar-refractivity contribution in [1.82, 2.24) is 10.2 Å². The molecule has 15 heavy (non-hydrogen) atoms. The Balaban J connectivity index is 2.09. The van der Waals surface area contributed by atoms with Gasteiger partial charge in [0.1, 0.15) is 5.51 Å². The van der Waals surface area contributed by atoms with Gasteiger partial charge < -0.3 is 5.32 Å². The number of hydrogen-bond donors (Lipinski definition) is 1. The number of carbonyl (C=O) groups is 1. The number of halogens is 1. The van der Waals surface area contributed by atoms with E-state index in [2.05, 4.69) is 15.5 Å². The molecule has 0 saturated heterocycles. The van der Waals surface area contributed by atoms with Gasteiger partial charge >= 0.3 is 0 Å². The van der Waals surface area contributed by atoms with E-state index < -0.39 is 0 Å². The lowest BCUT2D eigenvalue weighted by molar-refractivity contribution is 0.102. The minimum atomic E-state index is -0.264. The minimum absolute atomic E-state index is 0.264. The van der Waals surface area contributed by atoms with Crippen molar-refractivity contribution >= 4 is 34.5 Å². The van der Waals surface area contributed by atoms with Gasteiger partial charge in [0, 0.05) is 10.7 Å². The molecular formula is C9H6ClN3OS. The van der Waals surface area contributed by atoms with Crippen molar-refractivity contribution < 1.29 is 4.79 Å². The van der Waals surface area contributed by atoms with Crippen molar-refractivity contribution in [3.8, 4) is 0 Å². The van der Waals surface area contributed by atoms with Gasteiger partial charge in [-0.2, -0.15) is 0 Å². The highest BCUT2D eigenvalue weighted by Gasteiger charge is 2.08. The highest BCUT2D eigenvalue weighted by Crippen LogP contribution is 2.14. The van der Waals surface area contributed by atoms with E-state index in [9.17, 15) is 4.79 Å². The SMILES string of the molecule is O=C(Nc1ccc(Cl)cc1)c1nncs1. The van der Waals surface area contributed by atoms with Crippen LogP contribution < -0.4 is 5.32 Å². The molecule has 1 aromatic carbocycles. The summed E-state index contributed by atoms with van der Waals surface area (Å²) in [6.07, 6.45) is 0. The van der Waals surface area contributed by atoms with Crippen molar-refractivity contribution in [2.75, 3.05) is 5.32 Å². The first-order valence-corrected chi connectivity index (χ1v) is 5.34. The highest BCUT2D eigenvalue weighted by atomic mass is 35.5. The Morgan fingerprint density at radius 3 is 2.67 bits per heavy atom. The number of anilines is 1. The van der Waals surface area contributed by atoms with Crippen LogP contribution in [0.2, 0.25) is 5.02 Å². The number of amides is 1. The molecule has 0 aliphatic carbocycles. The maximum Gasteiger partial charge on any atom is 0.286 e. The van der Waals surface area contributed by atoms with Gasteiger partial charge in [0.15, 0.2) is 0 Å². The van der Waals surface area contributed by atoms with Gasteiger partial charge in [-0.15, -0.1) is 10.2 Å². The van der Waals surface area contributed by atoms with Crippen LogP contribution in [-0.2, 0) is 0 Å². The molecule has 0 atom stereocenters. The van der Waals surface area contributed by atoms with Crippen LogP contribution in [0.5, 0.6) is 0 Å². The molecule has 0 fully saturated rings. The summed E-state index contributed by atoms with van der Waals surface area (Å²) in [5.74, 6) is -0.264. The quantitative estimate of drug-likeness (QED) is 0.876. The molecule has 0 aliphatic heterocycles. The second-order valence-electron chi connectivity index (χ2n) is 2.70. The molecule has 0 aliphatic rings. The number of nitrogens with one attached hydrogen (secondary N) is 1. The van der Waals surface area contributed by atoms with Crippen LogP contribution in [-0.4, -0.2) is 16.1 Å².